The topological polar surface area (TPSA) is 84.0 Å². The minimum atomic E-state index is -0.167. The van der Waals surface area contributed by atoms with Gasteiger partial charge >= 0.3 is 0 Å². The van der Waals surface area contributed by atoms with E-state index in [0.29, 0.717) is 24.7 Å². The van der Waals surface area contributed by atoms with E-state index in [1.54, 1.807) is 24.1 Å². The number of nitrogens with one attached hydrogen (secondary N) is 1. The molecule has 1 aliphatic rings. The average molecular weight is 384 g/mol. The first-order chi connectivity index (χ1) is 13.5. The Labute approximate surface area is 164 Å². The summed E-state index contributed by atoms with van der Waals surface area (Å²) in [5.74, 6) is 0.939. The summed E-state index contributed by atoms with van der Waals surface area (Å²) in [4.78, 5) is 31.5. The van der Waals surface area contributed by atoms with E-state index in [1.807, 2.05) is 24.3 Å². The van der Waals surface area contributed by atoms with Crippen LogP contribution < -0.4 is 19.7 Å². The Bertz CT molecular complexity index is 800. The summed E-state index contributed by atoms with van der Waals surface area (Å²) >= 11 is 0. The number of anilines is 2. The number of nitrogens with zero attached hydrogens (tertiary/aromatic N) is 3. The molecule has 0 saturated carbocycles. The van der Waals surface area contributed by atoms with Crippen LogP contribution in [0.3, 0.4) is 0 Å². The Morgan fingerprint density at radius 2 is 1.79 bits per heavy atom. The highest BCUT2D eigenvalue weighted by molar-refractivity contribution is 5.88. The van der Waals surface area contributed by atoms with Crippen molar-refractivity contribution in [3.63, 3.8) is 0 Å². The quantitative estimate of drug-likeness (QED) is 0.817. The highest BCUT2D eigenvalue weighted by atomic mass is 16.5. The Hall–Kier alpha value is -3.29. The lowest BCUT2D eigenvalue weighted by atomic mass is 10.2. The molecule has 0 bridgehead atoms. The fourth-order valence-electron chi connectivity index (χ4n) is 2.98. The predicted octanol–water partition coefficient (Wildman–Crippen LogP) is 1.78. The molecule has 2 aromatic rings. The fourth-order valence-corrected chi connectivity index (χ4v) is 2.98. The van der Waals surface area contributed by atoms with Crippen molar-refractivity contribution in [3.8, 4) is 11.6 Å². The number of ether oxygens (including phenoxy) is 2. The monoisotopic (exact) mass is 384 g/mol. The molecule has 0 unspecified atom stereocenters. The van der Waals surface area contributed by atoms with Gasteiger partial charge in [0.15, 0.2) is 6.61 Å². The second-order valence-corrected chi connectivity index (χ2v) is 6.42. The highest BCUT2D eigenvalue weighted by Crippen LogP contribution is 2.20. The molecule has 0 spiro atoms. The van der Waals surface area contributed by atoms with Crippen molar-refractivity contribution >= 4 is 23.2 Å². The van der Waals surface area contributed by atoms with Crippen LogP contribution in [0.1, 0.15) is 6.92 Å². The molecule has 1 saturated heterocycles. The van der Waals surface area contributed by atoms with E-state index in [4.69, 9.17) is 9.47 Å². The molecule has 3 rings (SSSR count). The summed E-state index contributed by atoms with van der Waals surface area (Å²) in [6.45, 7) is 4.18. The molecule has 28 heavy (non-hydrogen) atoms. The van der Waals surface area contributed by atoms with Crippen LogP contribution in [0.5, 0.6) is 11.6 Å². The van der Waals surface area contributed by atoms with E-state index >= 15 is 0 Å². The third-order valence-electron chi connectivity index (χ3n) is 4.47. The van der Waals surface area contributed by atoms with Crippen LogP contribution in [0.15, 0.2) is 42.6 Å². The Morgan fingerprint density at radius 1 is 1.07 bits per heavy atom. The predicted molar refractivity (Wildman–Crippen MR) is 106 cm³/mol. The zero-order chi connectivity index (χ0) is 19.9. The van der Waals surface area contributed by atoms with Crippen LogP contribution in [-0.2, 0) is 9.59 Å². The van der Waals surface area contributed by atoms with Gasteiger partial charge in [0.25, 0.3) is 5.91 Å². The number of carbonyl (C=O) groups is 2. The number of amides is 2. The van der Waals surface area contributed by atoms with Gasteiger partial charge in [-0.15, -0.1) is 0 Å². The van der Waals surface area contributed by atoms with Crippen molar-refractivity contribution in [3.05, 3.63) is 42.6 Å². The van der Waals surface area contributed by atoms with Gasteiger partial charge in [-0.25, -0.2) is 4.98 Å². The molecule has 1 fully saturated rings. The van der Waals surface area contributed by atoms with Crippen molar-refractivity contribution in [1.82, 2.24) is 9.88 Å². The van der Waals surface area contributed by atoms with Gasteiger partial charge in [-0.2, -0.15) is 0 Å². The fraction of sp³-hybridized carbons (Fsp3) is 0.350. The van der Waals surface area contributed by atoms with Gasteiger partial charge in [0.1, 0.15) is 5.75 Å². The molecule has 2 heterocycles. The Morgan fingerprint density at radius 3 is 2.36 bits per heavy atom. The molecule has 1 aromatic carbocycles. The summed E-state index contributed by atoms with van der Waals surface area (Å²) in [5.41, 5.74) is 1.70. The van der Waals surface area contributed by atoms with E-state index in [2.05, 4.69) is 15.2 Å². The summed E-state index contributed by atoms with van der Waals surface area (Å²) < 4.78 is 10.7. The summed E-state index contributed by atoms with van der Waals surface area (Å²) in [5, 5.41) is 2.63. The lowest BCUT2D eigenvalue weighted by Gasteiger charge is -2.36. The Balaban J connectivity index is 1.45. The SMILES string of the molecule is COc1ccc(N2CCN(C(=O)COc3ccc(NC(C)=O)cn3)CC2)cc1. The lowest BCUT2D eigenvalue weighted by Crippen LogP contribution is -2.50. The van der Waals surface area contributed by atoms with Crippen LogP contribution in [0.25, 0.3) is 0 Å². The number of aromatic nitrogens is 1. The second kappa shape index (κ2) is 9.07. The van der Waals surface area contributed by atoms with Gasteiger partial charge < -0.3 is 24.6 Å². The number of benzene rings is 1. The number of methoxy groups -OCH3 is 1. The number of pyridine rings is 1. The third-order valence-corrected chi connectivity index (χ3v) is 4.47. The van der Waals surface area contributed by atoms with E-state index in [9.17, 15) is 9.59 Å². The first kappa shape index (κ1) is 19.5. The average Bonchev–Trinajstić information content (AvgIpc) is 2.73. The van der Waals surface area contributed by atoms with Crippen molar-refractivity contribution in [2.75, 3.05) is 50.1 Å². The molecule has 0 radical (unpaired) electrons. The molecule has 1 aromatic heterocycles. The molecule has 1 aliphatic heterocycles. The Kier molecular flexibility index (Phi) is 6.31. The van der Waals surface area contributed by atoms with E-state index < -0.39 is 0 Å². The zero-order valence-corrected chi connectivity index (χ0v) is 16.1. The van der Waals surface area contributed by atoms with Gasteiger partial charge in [-0.1, -0.05) is 0 Å². The van der Waals surface area contributed by atoms with Crippen LogP contribution in [-0.4, -0.2) is 61.6 Å². The number of piperazine rings is 1. The minimum absolute atomic E-state index is 0.0605. The number of hydrogen-bond donors (Lipinski definition) is 1. The van der Waals surface area contributed by atoms with Crippen molar-refractivity contribution < 1.29 is 19.1 Å². The smallest absolute Gasteiger partial charge is 0.260 e. The van der Waals surface area contributed by atoms with E-state index in [0.717, 1.165) is 24.5 Å². The van der Waals surface area contributed by atoms with Crippen molar-refractivity contribution in [2.45, 2.75) is 6.92 Å². The van der Waals surface area contributed by atoms with Gasteiger partial charge in [-0.3, -0.25) is 9.59 Å². The number of carbonyl (C=O) groups excluding carboxylic acids is 2. The molecular formula is C20H24N4O4. The molecule has 0 aliphatic carbocycles. The van der Waals surface area contributed by atoms with Gasteiger partial charge in [-0.05, 0) is 30.3 Å². The van der Waals surface area contributed by atoms with Gasteiger partial charge in [0.2, 0.25) is 11.8 Å². The molecule has 0 atom stereocenters. The summed E-state index contributed by atoms with van der Waals surface area (Å²) in [6.07, 6.45) is 1.49. The van der Waals surface area contributed by atoms with Crippen LogP contribution >= 0.6 is 0 Å². The van der Waals surface area contributed by atoms with Crippen LogP contribution in [0.2, 0.25) is 0 Å². The van der Waals surface area contributed by atoms with E-state index in [-0.39, 0.29) is 18.4 Å². The van der Waals surface area contributed by atoms with E-state index in [1.165, 1.54) is 13.1 Å². The maximum Gasteiger partial charge on any atom is 0.260 e. The first-order valence-electron chi connectivity index (χ1n) is 9.08. The molecule has 148 valence electrons. The van der Waals surface area contributed by atoms with Crippen molar-refractivity contribution in [2.24, 2.45) is 0 Å². The zero-order valence-electron chi connectivity index (χ0n) is 16.1. The highest BCUT2D eigenvalue weighted by Gasteiger charge is 2.21. The first-order valence-corrected chi connectivity index (χ1v) is 9.08. The number of hydrogen-bond acceptors (Lipinski definition) is 6. The molecule has 8 heteroatoms. The minimum Gasteiger partial charge on any atom is -0.497 e. The maximum atomic E-state index is 12.4. The van der Waals surface area contributed by atoms with Crippen molar-refractivity contribution in [1.29, 1.82) is 0 Å². The lowest BCUT2D eigenvalue weighted by molar-refractivity contribution is -0.133. The van der Waals surface area contributed by atoms with Crippen LogP contribution in [0.4, 0.5) is 11.4 Å². The third kappa shape index (κ3) is 5.12. The molecule has 2 amide bonds. The molecular weight excluding hydrogens is 360 g/mol. The largest absolute Gasteiger partial charge is 0.497 e. The van der Waals surface area contributed by atoms with Crippen LogP contribution in [0, 0.1) is 0 Å². The molecule has 8 nitrogen and oxygen atoms in total. The summed E-state index contributed by atoms with van der Waals surface area (Å²) in [7, 11) is 1.65. The second-order valence-electron chi connectivity index (χ2n) is 6.42. The van der Waals surface area contributed by atoms with Gasteiger partial charge in [0, 0.05) is 44.9 Å². The standard InChI is InChI=1S/C20H24N4O4/c1-15(25)22-16-3-8-19(21-13-16)28-14-20(26)24-11-9-23(10-12-24)17-4-6-18(27-2)7-5-17/h3-8,13H,9-12,14H2,1-2H3,(H,22,25). The summed E-state index contributed by atoms with van der Waals surface area (Å²) in [6, 6.07) is 11.2. The molecule has 1 N–H and O–H groups in total. The maximum absolute atomic E-state index is 12.4. The van der Waals surface area contributed by atoms with Gasteiger partial charge in [0.05, 0.1) is 19.0 Å². The number of rotatable bonds is 6. The normalized spacial score (nSPS) is 13.8.